The number of amides is 2. The number of nitrogens with two attached hydrogens (primary N) is 1. The Kier molecular flexibility index (Phi) is 5.18. The zero-order chi connectivity index (χ0) is 16.3. The van der Waals surface area contributed by atoms with Crippen molar-refractivity contribution in [1.29, 1.82) is 0 Å². The number of alkyl halides is 3. The van der Waals surface area contributed by atoms with E-state index in [-0.39, 0.29) is 25.5 Å². The van der Waals surface area contributed by atoms with Crippen LogP contribution in [0.2, 0.25) is 0 Å². The van der Waals surface area contributed by atoms with Crippen LogP contribution >= 0.6 is 0 Å². The molecule has 0 spiro atoms. The van der Waals surface area contributed by atoms with Crippen molar-refractivity contribution < 1.29 is 27.5 Å². The molecule has 0 bridgehead atoms. The monoisotopic (exact) mass is 322 g/mol. The lowest BCUT2D eigenvalue weighted by molar-refractivity contribution is -0.189. The maximum absolute atomic E-state index is 12.7. The van der Waals surface area contributed by atoms with Crippen LogP contribution in [0.1, 0.15) is 38.5 Å². The SMILES string of the molecule is NC(=O)N1CCC[C@@H]1COC(=O)[C@H]1CCC[C@@H](C(F)(F)F)C1. The minimum Gasteiger partial charge on any atom is -0.463 e. The molecule has 1 aliphatic carbocycles. The second kappa shape index (κ2) is 6.75. The van der Waals surface area contributed by atoms with E-state index in [0.717, 1.165) is 6.42 Å². The van der Waals surface area contributed by atoms with E-state index in [0.29, 0.717) is 25.8 Å². The van der Waals surface area contributed by atoms with Gasteiger partial charge in [0.1, 0.15) is 6.61 Å². The first-order valence-electron chi connectivity index (χ1n) is 7.58. The minimum atomic E-state index is -4.26. The van der Waals surface area contributed by atoms with Crippen LogP contribution < -0.4 is 5.73 Å². The molecule has 2 aliphatic rings. The number of primary amides is 1. The molecule has 8 heteroatoms. The van der Waals surface area contributed by atoms with Crippen molar-refractivity contribution in [3.05, 3.63) is 0 Å². The Labute approximate surface area is 127 Å². The maximum atomic E-state index is 12.7. The van der Waals surface area contributed by atoms with Crippen LogP contribution in [0.4, 0.5) is 18.0 Å². The smallest absolute Gasteiger partial charge is 0.391 e. The van der Waals surface area contributed by atoms with E-state index >= 15 is 0 Å². The van der Waals surface area contributed by atoms with Crippen molar-refractivity contribution in [1.82, 2.24) is 4.90 Å². The fourth-order valence-electron chi connectivity index (χ4n) is 3.30. The Bertz CT molecular complexity index is 428. The van der Waals surface area contributed by atoms with Gasteiger partial charge in [-0.1, -0.05) is 6.42 Å². The Balaban J connectivity index is 1.83. The molecular weight excluding hydrogens is 301 g/mol. The number of halogens is 3. The average molecular weight is 322 g/mol. The molecule has 5 nitrogen and oxygen atoms in total. The molecule has 0 aromatic heterocycles. The highest BCUT2D eigenvalue weighted by Crippen LogP contribution is 2.40. The molecule has 1 saturated heterocycles. The van der Waals surface area contributed by atoms with Crippen molar-refractivity contribution in [2.24, 2.45) is 17.6 Å². The third-order valence-electron chi connectivity index (χ3n) is 4.55. The van der Waals surface area contributed by atoms with Crippen LogP contribution in [0.25, 0.3) is 0 Å². The summed E-state index contributed by atoms with van der Waals surface area (Å²) in [4.78, 5) is 24.6. The summed E-state index contributed by atoms with van der Waals surface area (Å²) in [5, 5.41) is 0. The zero-order valence-electron chi connectivity index (χ0n) is 12.3. The Morgan fingerprint density at radius 1 is 1.18 bits per heavy atom. The quantitative estimate of drug-likeness (QED) is 0.811. The lowest BCUT2D eigenvalue weighted by atomic mass is 9.81. The molecule has 0 aromatic rings. The Morgan fingerprint density at radius 3 is 2.55 bits per heavy atom. The van der Waals surface area contributed by atoms with Gasteiger partial charge in [0.15, 0.2) is 0 Å². The molecule has 2 amide bonds. The van der Waals surface area contributed by atoms with Gasteiger partial charge in [-0.2, -0.15) is 13.2 Å². The average Bonchev–Trinajstić information content (AvgIpc) is 2.92. The lowest BCUT2D eigenvalue weighted by Crippen LogP contribution is -2.42. The van der Waals surface area contributed by atoms with Crippen molar-refractivity contribution in [3.8, 4) is 0 Å². The summed E-state index contributed by atoms with van der Waals surface area (Å²) in [6, 6.07) is -0.822. The fraction of sp³-hybridized carbons (Fsp3) is 0.857. The summed E-state index contributed by atoms with van der Waals surface area (Å²) in [6.45, 7) is 0.534. The molecular formula is C14H21F3N2O3. The number of ether oxygens (including phenoxy) is 1. The maximum Gasteiger partial charge on any atom is 0.391 e. The molecule has 1 heterocycles. The highest BCUT2D eigenvalue weighted by molar-refractivity contribution is 5.73. The van der Waals surface area contributed by atoms with Crippen molar-refractivity contribution in [3.63, 3.8) is 0 Å². The molecule has 0 radical (unpaired) electrons. The lowest BCUT2D eigenvalue weighted by Gasteiger charge is -2.30. The van der Waals surface area contributed by atoms with E-state index in [1.54, 1.807) is 0 Å². The van der Waals surface area contributed by atoms with Gasteiger partial charge >= 0.3 is 18.2 Å². The molecule has 1 aliphatic heterocycles. The molecule has 0 unspecified atom stereocenters. The largest absolute Gasteiger partial charge is 0.463 e. The Morgan fingerprint density at radius 2 is 1.91 bits per heavy atom. The van der Waals surface area contributed by atoms with Gasteiger partial charge in [-0.25, -0.2) is 4.79 Å². The number of esters is 1. The van der Waals surface area contributed by atoms with E-state index in [4.69, 9.17) is 10.5 Å². The number of likely N-dealkylation sites (tertiary alicyclic amines) is 1. The number of carbonyl (C=O) groups excluding carboxylic acids is 2. The number of urea groups is 1. The van der Waals surface area contributed by atoms with Crippen LogP contribution in [0.3, 0.4) is 0 Å². The van der Waals surface area contributed by atoms with E-state index in [1.807, 2.05) is 0 Å². The third-order valence-corrected chi connectivity index (χ3v) is 4.55. The van der Waals surface area contributed by atoms with Gasteiger partial charge in [-0.05, 0) is 32.1 Å². The van der Waals surface area contributed by atoms with Gasteiger partial charge in [0, 0.05) is 6.54 Å². The topological polar surface area (TPSA) is 72.6 Å². The van der Waals surface area contributed by atoms with Gasteiger partial charge in [-0.3, -0.25) is 4.79 Å². The molecule has 2 fully saturated rings. The normalized spacial score (nSPS) is 29.4. The van der Waals surface area contributed by atoms with E-state index in [1.165, 1.54) is 4.90 Å². The van der Waals surface area contributed by atoms with Gasteiger partial charge in [-0.15, -0.1) is 0 Å². The number of nitrogens with zero attached hydrogens (tertiary/aromatic N) is 1. The Hall–Kier alpha value is -1.47. The second-order valence-electron chi connectivity index (χ2n) is 6.06. The predicted molar refractivity (Wildman–Crippen MR) is 71.8 cm³/mol. The standard InChI is InChI=1S/C14H21F3N2O3/c15-14(16,17)10-4-1-3-9(7-10)12(20)22-8-11-5-2-6-19(11)13(18)21/h9-11H,1-8H2,(H2,18,21)/t9-,10+,11+/m0/s1. The minimum absolute atomic E-state index is 0.00889. The first kappa shape index (κ1) is 16.9. The van der Waals surface area contributed by atoms with Crippen LogP contribution in [-0.4, -0.2) is 42.3 Å². The summed E-state index contributed by atoms with van der Waals surface area (Å²) >= 11 is 0. The number of hydrogen-bond acceptors (Lipinski definition) is 3. The molecule has 0 aromatic carbocycles. The van der Waals surface area contributed by atoms with Crippen LogP contribution in [0.5, 0.6) is 0 Å². The van der Waals surface area contributed by atoms with Crippen molar-refractivity contribution in [2.75, 3.05) is 13.2 Å². The first-order valence-corrected chi connectivity index (χ1v) is 7.58. The molecule has 2 rings (SSSR count). The fourth-order valence-corrected chi connectivity index (χ4v) is 3.30. The van der Waals surface area contributed by atoms with E-state index < -0.39 is 30.0 Å². The number of hydrogen-bond donors (Lipinski definition) is 1. The van der Waals surface area contributed by atoms with Crippen LogP contribution in [-0.2, 0) is 9.53 Å². The molecule has 2 N–H and O–H groups in total. The van der Waals surface area contributed by atoms with Gasteiger partial charge in [0.2, 0.25) is 0 Å². The predicted octanol–water partition coefficient (Wildman–Crippen LogP) is 2.44. The van der Waals surface area contributed by atoms with Crippen LogP contribution in [0, 0.1) is 11.8 Å². The second-order valence-corrected chi connectivity index (χ2v) is 6.06. The number of carbonyl (C=O) groups is 2. The van der Waals surface area contributed by atoms with Gasteiger partial charge < -0.3 is 15.4 Å². The summed E-state index contributed by atoms with van der Waals surface area (Å²) in [6.07, 6.45) is -2.11. The zero-order valence-corrected chi connectivity index (χ0v) is 12.3. The summed E-state index contributed by atoms with van der Waals surface area (Å²) < 4.78 is 43.4. The van der Waals surface area contributed by atoms with Crippen LogP contribution in [0.15, 0.2) is 0 Å². The third kappa shape index (κ3) is 4.04. The molecule has 1 saturated carbocycles. The summed E-state index contributed by atoms with van der Waals surface area (Å²) in [7, 11) is 0. The molecule has 126 valence electrons. The summed E-state index contributed by atoms with van der Waals surface area (Å²) in [5.41, 5.74) is 5.22. The number of rotatable bonds is 3. The summed E-state index contributed by atoms with van der Waals surface area (Å²) in [5.74, 6) is -2.72. The van der Waals surface area contributed by atoms with E-state index in [9.17, 15) is 22.8 Å². The highest BCUT2D eigenvalue weighted by Gasteiger charge is 2.44. The first-order chi connectivity index (χ1) is 10.3. The van der Waals surface area contributed by atoms with Crippen molar-refractivity contribution >= 4 is 12.0 Å². The highest BCUT2D eigenvalue weighted by atomic mass is 19.4. The van der Waals surface area contributed by atoms with Gasteiger partial charge in [0.05, 0.1) is 17.9 Å². The van der Waals surface area contributed by atoms with E-state index in [2.05, 4.69) is 0 Å². The molecule has 3 atom stereocenters. The molecule has 22 heavy (non-hydrogen) atoms. The van der Waals surface area contributed by atoms with Gasteiger partial charge in [0.25, 0.3) is 0 Å². The van der Waals surface area contributed by atoms with Crippen molar-refractivity contribution in [2.45, 2.75) is 50.7 Å².